The van der Waals surface area contributed by atoms with Crippen LogP contribution < -0.4 is 10.8 Å². The fourth-order valence-electron chi connectivity index (χ4n) is 2.84. The molecule has 4 nitrogen and oxygen atoms in total. The van der Waals surface area contributed by atoms with E-state index in [4.69, 9.17) is 16.8 Å². The van der Waals surface area contributed by atoms with Gasteiger partial charge in [0.15, 0.2) is 0 Å². The molecule has 0 heterocycles. The Hall–Kier alpha value is -2.82. The Kier molecular flexibility index (Phi) is 5.89. The average Bonchev–Trinajstić information content (AvgIpc) is 2.69. The Labute approximate surface area is 157 Å². The number of carbonyl (C=O) groups is 1. The maximum absolute atomic E-state index is 12.2. The van der Waals surface area contributed by atoms with Gasteiger partial charge in [0.1, 0.15) is 0 Å². The van der Waals surface area contributed by atoms with Crippen LogP contribution in [0.1, 0.15) is 22.6 Å². The van der Waals surface area contributed by atoms with Crippen LogP contribution in [0, 0.1) is 0 Å². The summed E-state index contributed by atoms with van der Waals surface area (Å²) in [7, 11) is 0. The van der Waals surface area contributed by atoms with Gasteiger partial charge in [-0.3, -0.25) is 10.0 Å². The Morgan fingerprint density at radius 3 is 2.15 bits per heavy atom. The lowest BCUT2D eigenvalue weighted by Gasteiger charge is -2.16. The molecule has 0 aromatic heterocycles. The van der Waals surface area contributed by atoms with Crippen LogP contribution in [0.2, 0.25) is 5.02 Å². The predicted molar refractivity (Wildman–Crippen MR) is 103 cm³/mol. The van der Waals surface area contributed by atoms with E-state index in [2.05, 4.69) is 5.32 Å². The number of rotatable bonds is 6. The van der Waals surface area contributed by atoms with Gasteiger partial charge in [0.05, 0.1) is 5.92 Å². The number of nitrogens with one attached hydrogen (secondary N) is 2. The zero-order valence-corrected chi connectivity index (χ0v) is 14.8. The minimum absolute atomic E-state index is 0.465. The third kappa shape index (κ3) is 4.23. The molecule has 3 aromatic rings. The highest BCUT2D eigenvalue weighted by atomic mass is 35.5. The summed E-state index contributed by atoms with van der Waals surface area (Å²) < 4.78 is 0. The summed E-state index contributed by atoms with van der Waals surface area (Å²) in [6.07, 6.45) is 0. The molecule has 0 spiro atoms. The van der Waals surface area contributed by atoms with Gasteiger partial charge in [-0.1, -0.05) is 72.3 Å². The molecule has 1 atom stereocenters. The normalized spacial score (nSPS) is 11.6. The Morgan fingerprint density at radius 2 is 1.50 bits per heavy atom. The number of halogens is 1. The number of amides is 1. The van der Waals surface area contributed by atoms with Crippen LogP contribution in [0.4, 0.5) is 5.69 Å². The van der Waals surface area contributed by atoms with Crippen molar-refractivity contribution in [2.24, 2.45) is 0 Å². The van der Waals surface area contributed by atoms with Crippen LogP contribution in [0.25, 0.3) is 0 Å². The predicted octanol–water partition coefficient (Wildman–Crippen LogP) is 4.59. The lowest BCUT2D eigenvalue weighted by atomic mass is 9.90. The Balaban J connectivity index is 1.77. The highest BCUT2D eigenvalue weighted by molar-refractivity contribution is 6.31. The summed E-state index contributed by atoms with van der Waals surface area (Å²) in [5, 5.41) is 13.1. The summed E-state index contributed by atoms with van der Waals surface area (Å²) in [6.45, 7) is 0.609. The molecule has 0 fully saturated rings. The monoisotopic (exact) mass is 366 g/mol. The number of hydroxylamine groups is 1. The van der Waals surface area contributed by atoms with E-state index in [9.17, 15) is 4.79 Å². The first kappa shape index (κ1) is 18.0. The highest BCUT2D eigenvalue weighted by Gasteiger charge is 2.22. The maximum atomic E-state index is 12.2. The van der Waals surface area contributed by atoms with Crippen molar-refractivity contribution in [3.8, 4) is 0 Å². The summed E-state index contributed by atoms with van der Waals surface area (Å²) >= 11 is 6.17. The third-order valence-corrected chi connectivity index (χ3v) is 4.56. The fraction of sp³-hybridized carbons (Fsp3) is 0.0952. The molecular formula is C21H19ClN2O2. The zero-order valence-electron chi connectivity index (χ0n) is 14.0. The van der Waals surface area contributed by atoms with E-state index in [1.165, 1.54) is 0 Å². The molecular weight excluding hydrogens is 348 g/mol. The second kappa shape index (κ2) is 8.52. The molecule has 0 saturated heterocycles. The van der Waals surface area contributed by atoms with Gasteiger partial charge < -0.3 is 5.32 Å². The van der Waals surface area contributed by atoms with E-state index in [1.54, 1.807) is 5.48 Å². The number of hydrogen-bond acceptors (Lipinski definition) is 3. The summed E-state index contributed by atoms with van der Waals surface area (Å²) in [4.78, 5) is 12.2. The van der Waals surface area contributed by atoms with Crippen molar-refractivity contribution in [3.05, 3.63) is 101 Å². The number of anilines is 1. The molecule has 5 heteroatoms. The van der Waals surface area contributed by atoms with Crippen molar-refractivity contribution in [2.45, 2.75) is 12.5 Å². The number of benzene rings is 3. The van der Waals surface area contributed by atoms with Gasteiger partial charge in [0, 0.05) is 17.3 Å². The van der Waals surface area contributed by atoms with Crippen LogP contribution in [0.5, 0.6) is 0 Å². The lowest BCUT2D eigenvalue weighted by Crippen LogP contribution is -2.27. The van der Waals surface area contributed by atoms with Gasteiger partial charge in [-0.15, -0.1) is 0 Å². The third-order valence-electron chi connectivity index (χ3n) is 4.19. The quantitative estimate of drug-likeness (QED) is 0.441. The second-order valence-corrected chi connectivity index (χ2v) is 6.29. The van der Waals surface area contributed by atoms with Crippen LogP contribution in [0.15, 0.2) is 78.9 Å². The number of carbonyl (C=O) groups excluding carboxylic acids is 1. The van der Waals surface area contributed by atoms with E-state index < -0.39 is 11.8 Å². The first-order chi connectivity index (χ1) is 12.7. The van der Waals surface area contributed by atoms with Crippen molar-refractivity contribution in [3.63, 3.8) is 0 Å². The van der Waals surface area contributed by atoms with E-state index in [1.807, 2.05) is 78.9 Å². The molecule has 3 aromatic carbocycles. The first-order valence-corrected chi connectivity index (χ1v) is 8.63. The van der Waals surface area contributed by atoms with Crippen LogP contribution >= 0.6 is 11.6 Å². The molecule has 1 unspecified atom stereocenters. The van der Waals surface area contributed by atoms with Gasteiger partial charge in [-0.05, 0) is 34.9 Å². The topological polar surface area (TPSA) is 61.4 Å². The van der Waals surface area contributed by atoms with E-state index in [0.717, 1.165) is 27.4 Å². The van der Waals surface area contributed by atoms with E-state index in [-0.39, 0.29) is 0 Å². The lowest BCUT2D eigenvalue weighted by molar-refractivity contribution is -0.129. The molecule has 0 radical (unpaired) electrons. The second-order valence-electron chi connectivity index (χ2n) is 5.89. The van der Waals surface area contributed by atoms with Crippen molar-refractivity contribution in [1.82, 2.24) is 5.48 Å². The minimum atomic E-state index is -0.571. The number of hydrogen-bond donors (Lipinski definition) is 3. The zero-order chi connectivity index (χ0) is 18.4. The van der Waals surface area contributed by atoms with Crippen molar-refractivity contribution in [1.29, 1.82) is 0 Å². The fourth-order valence-corrected chi connectivity index (χ4v) is 3.04. The van der Waals surface area contributed by atoms with Gasteiger partial charge in [-0.2, -0.15) is 0 Å². The van der Waals surface area contributed by atoms with E-state index >= 15 is 0 Å². The SMILES string of the molecule is O=C(NO)C(c1ccccc1)c1ccc(NCc2ccccc2Cl)cc1. The van der Waals surface area contributed by atoms with Gasteiger partial charge in [-0.25, -0.2) is 5.48 Å². The summed E-state index contributed by atoms with van der Waals surface area (Å²) in [6, 6.07) is 24.6. The maximum Gasteiger partial charge on any atom is 0.255 e. The van der Waals surface area contributed by atoms with E-state index in [0.29, 0.717) is 6.54 Å². The highest BCUT2D eigenvalue weighted by Crippen LogP contribution is 2.26. The molecule has 132 valence electrons. The molecule has 0 bridgehead atoms. The summed E-state index contributed by atoms with van der Waals surface area (Å²) in [5.74, 6) is -1.04. The van der Waals surface area contributed by atoms with Crippen LogP contribution in [-0.2, 0) is 11.3 Å². The molecule has 0 aliphatic heterocycles. The Bertz CT molecular complexity index is 867. The van der Waals surface area contributed by atoms with Gasteiger partial charge in [0.2, 0.25) is 0 Å². The molecule has 0 aliphatic carbocycles. The van der Waals surface area contributed by atoms with Crippen molar-refractivity contribution >= 4 is 23.2 Å². The summed E-state index contributed by atoms with van der Waals surface area (Å²) in [5.41, 5.74) is 5.31. The van der Waals surface area contributed by atoms with Gasteiger partial charge >= 0.3 is 0 Å². The van der Waals surface area contributed by atoms with Crippen LogP contribution in [0.3, 0.4) is 0 Å². The minimum Gasteiger partial charge on any atom is -0.381 e. The smallest absolute Gasteiger partial charge is 0.255 e. The molecule has 0 aliphatic rings. The first-order valence-electron chi connectivity index (χ1n) is 8.25. The van der Waals surface area contributed by atoms with Crippen molar-refractivity contribution in [2.75, 3.05) is 5.32 Å². The molecule has 3 N–H and O–H groups in total. The largest absolute Gasteiger partial charge is 0.381 e. The van der Waals surface area contributed by atoms with Gasteiger partial charge in [0.25, 0.3) is 5.91 Å². The van der Waals surface area contributed by atoms with Crippen molar-refractivity contribution < 1.29 is 10.0 Å². The molecule has 1 amide bonds. The average molecular weight is 367 g/mol. The van der Waals surface area contributed by atoms with Crippen LogP contribution in [-0.4, -0.2) is 11.1 Å². The molecule has 0 saturated carbocycles. The molecule has 3 rings (SSSR count). The standard InChI is InChI=1S/C21H19ClN2O2/c22-19-9-5-4-8-17(19)14-23-18-12-10-16(11-13-18)20(21(25)24-26)15-6-2-1-3-7-15/h1-13,20,23,26H,14H2,(H,24,25). The molecule has 26 heavy (non-hydrogen) atoms. The Morgan fingerprint density at radius 1 is 0.885 bits per heavy atom.